The quantitative estimate of drug-likeness (QED) is 0.0489. The molecule has 6 heteroatoms. The zero-order valence-electron chi connectivity index (χ0n) is 37.9. The Kier molecular flexibility index (Phi) is 19.8. The standard InChI is InChI=1S/C56H74O6/c1-3-5-9-21-43-23-15-17-25-45(43)31-19-41-59-51-37-33-49(34-38-51)55(57)61-53(47-27-11-7-12-28-47)54(48-29-13-8-14-30-48)62-56(58)50-35-39-52(40-36-50)60-42-20-32-46-26-18-16-24-44(46)22-10-6-4-2/h7-8,11-14,27-30,33-40,43-46,53-54H,3-6,9-10,15-26,31-32,41-42H2,1-2H3/t43?,44?,45?,46?,53-,54-/m1/s1. The second-order valence-electron chi connectivity index (χ2n) is 18.1. The van der Waals surface area contributed by atoms with Crippen LogP contribution in [0.4, 0.5) is 0 Å². The number of carbonyl (C=O) groups excluding carboxylic acids is 2. The molecule has 0 N–H and O–H groups in total. The summed E-state index contributed by atoms with van der Waals surface area (Å²) in [6, 6.07) is 33.3. The van der Waals surface area contributed by atoms with Crippen LogP contribution in [0.15, 0.2) is 109 Å². The van der Waals surface area contributed by atoms with Gasteiger partial charge in [0.25, 0.3) is 0 Å². The van der Waals surface area contributed by atoms with Crippen molar-refractivity contribution < 1.29 is 28.5 Å². The van der Waals surface area contributed by atoms with Crippen molar-refractivity contribution in [1.82, 2.24) is 0 Å². The van der Waals surface area contributed by atoms with E-state index in [1.165, 1.54) is 116 Å². The van der Waals surface area contributed by atoms with Gasteiger partial charge in [0.2, 0.25) is 0 Å². The molecule has 0 heterocycles. The summed E-state index contributed by atoms with van der Waals surface area (Å²) in [5.41, 5.74) is 2.24. The molecule has 2 aliphatic rings. The van der Waals surface area contributed by atoms with E-state index in [0.29, 0.717) is 24.3 Å². The lowest BCUT2D eigenvalue weighted by molar-refractivity contribution is -0.0388. The van der Waals surface area contributed by atoms with Crippen molar-refractivity contribution in [2.75, 3.05) is 13.2 Å². The largest absolute Gasteiger partial charge is 0.494 e. The Balaban J connectivity index is 1.04. The number of hydrogen-bond acceptors (Lipinski definition) is 6. The lowest BCUT2D eigenvalue weighted by Crippen LogP contribution is -2.23. The van der Waals surface area contributed by atoms with Crippen LogP contribution in [0, 0.1) is 23.7 Å². The minimum Gasteiger partial charge on any atom is -0.494 e. The maximum Gasteiger partial charge on any atom is 0.338 e. The summed E-state index contributed by atoms with van der Waals surface area (Å²) in [4.78, 5) is 27.8. The number of unbranched alkanes of at least 4 members (excludes halogenated alkanes) is 4. The van der Waals surface area contributed by atoms with E-state index in [0.717, 1.165) is 59.1 Å². The molecule has 6 rings (SSSR count). The molecule has 4 unspecified atom stereocenters. The van der Waals surface area contributed by atoms with E-state index in [-0.39, 0.29) is 0 Å². The third-order valence-corrected chi connectivity index (χ3v) is 13.6. The van der Waals surface area contributed by atoms with Gasteiger partial charge in [-0.2, -0.15) is 0 Å². The van der Waals surface area contributed by atoms with Crippen LogP contribution in [0.25, 0.3) is 0 Å². The molecule has 2 fully saturated rings. The Morgan fingerprint density at radius 3 is 1.13 bits per heavy atom. The lowest BCUT2D eigenvalue weighted by atomic mass is 9.74. The van der Waals surface area contributed by atoms with Crippen LogP contribution < -0.4 is 9.47 Å². The van der Waals surface area contributed by atoms with E-state index in [4.69, 9.17) is 18.9 Å². The summed E-state index contributed by atoms with van der Waals surface area (Å²) in [6.07, 6.45) is 24.4. The van der Waals surface area contributed by atoms with E-state index in [1.54, 1.807) is 24.3 Å². The van der Waals surface area contributed by atoms with Gasteiger partial charge in [0.05, 0.1) is 24.3 Å². The molecule has 0 aromatic heterocycles. The van der Waals surface area contributed by atoms with Gasteiger partial charge in [-0.1, -0.05) is 177 Å². The first kappa shape index (κ1) is 46.9. The first-order chi connectivity index (χ1) is 30.5. The predicted octanol–water partition coefficient (Wildman–Crippen LogP) is 15.3. The van der Waals surface area contributed by atoms with E-state index in [1.807, 2.05) is 84.9 Å². The number of rotatable bonds is 25. The molecular weight excluding hydrogens is 769 g/mol. The molecule has 0 amide bonds. The van der Waals surface area contributed by atoms with Gasteiger partial charge in [0.1, 0.15) is 11.5 Å². The van der Waals surface area contributed by atoms with Gasteiger partial charge in [-0.3, -0.25) is 0 Å². The molecule has 0 aliphatic heterocycles. The van der Waals surface area contributed by atoms with Crippen molar-refractivity contribution in [1.29, 1.82) is 0 Å². The van der Waals surface area contributed by atoms with Crippen molar-refractivity contribution in [3.8, 4) is 11.5 Å². The molecule has 6 nitrogen and oxygen atoms in total. The van der Waals surface area contributed by atoms with Crippen LogP contribution in [0.5, 0.6) is 11.5 Å². The Hall–Kier alpha value is -4.58. The molecule has 0 spiro atoms. The normalized spacial score (nSPS) is 19.8. The number of hydrogen-bond donors (Lipinski definition) is 0. The predicted molar refractivity (Wildman–Crippen MR) is 251 cm³/mol. The van der Waals surface area contributed by atoms with Crippen LogP contribution in [0.3, 0.4) is 0 Å². The highest BCUT2D eigenvalue weighted by atomic mass is 16.6. The Morgan fingerprint density at radius 2 is 0.790 bits per heavy atom. The fourth-order valence-corrected chi connectivity index (χ4v) is 10.1. The Bertz CT molecular complexity index is 1700. The van der Waals surface area contributed by atoms with E-state index in [9.17, 15) is 9.59 Å². The molecule has 4 aromatic carbocycles. The molecule has 6 atom stereocenters. The molecule has 0 saturated heterocycles. The van der Waals surface area contributed by atoms with Crippen molar-refractivity contribution in [2.45, 2.75) is 154 Å². The highest BCUT2D eigenvalue weighted by Crippen LogP contribution is 2.39. The first-order valence-electron chi connectivity index (χ1n) is 24.5. The second kappa shape index (κ2) is 26.1. The average Bonchev–Trinajstić information content (AvgIpc) is 3.32. The van der Waals surface area contributed by atoms with Gasteiger partial charge in [0.15, 0.2) is 12.2 Å². The molecular formula is C56H74O6. The maximum absolute atomic E-state index is 13.9. The first-order valence-corrected chi connectivity index (χ1v) is 24.5. The molecule has 2 saturated carbocycles. The highest BCUT2D eigenvalue weighted by molar-refractivity contribution is 5.90. The van der Waals surface area contributed by atoms with Gasteiger partial charge in [-0.25, -0.2) is 9.59 Å². The molecule has 62 heavy (non-hydrogen) atoms. The highest BCUT2D eigenvalue weighted by Gasteiger charge is 2.33. The van der Waals surface area contributed by atoms with Crippen molar-refractivity contribution >= 4 is 11.9 Å². The van der Waals surface area contributed by atoms with E-state index >= 15 is 0 Å². The van der Waals surface area contributed by atoms with Gasteiger partial charge in [-0.15, -0.1) is 0 Å². The van der Waals surface area contributed by atoms with E-state index < -0.39 is 24.1 Å². The molecule has 0 bridgehead atoms. The number of ether oxygens (including phenoxy) is 4. The smallest absolute Gasteiger partial charge is 0.338 e. The minimum atomic E-state index is -0.908. The zero-order valence-corrected chi connectivity index (χ0v) is 37.9. The monoisotopic (exact) mass is 843 g/mol. The van der Waals surface area contributed by atoms with Crippen molar-refractivity contribution in [3.05, 3.63) is 131 Å². The fourth-order valence-electron chi connectivity index (χ4n) is 10.1. The second-order valence-corrected chi connectivity index (χ2v) is 18.1. The molecule has 334 valence electrons. The summed E-state index contributed by atoms with van der Waals surface area (Å²) in [5, 5.41) is 0. The van der Waals surface area contributed by atoms with Crippen LogP contribution >= 0.6 is 0 Å². The van der Waals surface area contributed by atoms with Crippen LogP contribution in [0.1, 0.15) is 186 Å². The number of benzene rings is 4. The van der Waals surface area contributed by atoms with Gasteiger partial charge in [-0.05, 0) is 109 Å². The topological polar surface area (TPSA) is 71.1 Å². The summed E-state index contributed by atoms with van der Waals surface area (Å²) in [5.74, 6) is 3.83. The van der Waals surface area contributed by atoms with Gasteiger partial charge < -0.3 is 18.9 Å². The average molecular weight is 843 g/mol. The Labute approximate surface area is 373 Å². The summed E-state index contributed by atoms with van der Waals surface area (Å²) < 4.78 is 24.9. The third-order valence-electron chi connectivity index (χ3n) is 13.6. The minimum absolute atomic E-state index is 0.398. The summed E-state index contributed by atoms with van der Waals surface area (Å²) >= 11 is 0. The fraction of sp³-hybridized carbons (Fsp3) is 0.536. The Morgan fingerprint density at radius 1 is 0.452 bits per heavy atom. The van der Waals surface area contributed by atoms with Crippen LogP contribution in [0.2, 0.25) is 0 Å². The number of esters is 2. The van der Waals surface area contributed by atoms with E-state index in [2.05, 4.69) is 13.8 Å². The maximum atomic E-state index is 13.9. The zero-order chi connectivity index (χ0) is 43.2. The molecule has 2 aliphatic carbocycles. The van der Waals surface area contributed by atoms with Gasteiger partial charge >= 0.3 is 11.9 Å². The van der Waals surface area contributed by atoms with Crippen LogP contribution in [-0.4, -0.2) is 25.2 Å². The van der Waals surface area contributed by atoms with Crippen molar-refractivity contribution in [2.24, 2.45) is 23.7 Å². The SMILES string of the molecule is CCCCCC1CCCCC1CCCOc1ccc(C(=O)O[C@H](c2ccccc2)[C@H](OC(=O)c2ccc(OCCCC3CCCCC3CCCCC)cc2)c2ccccc2)cc1. The molecule has 4 aromatic rings. The third kappa shape index (κ3) is 14.8. The number of carbonyl (C=O) groups is 2. The van der Waals surface area contributed by atoms with Gasteiger partial charge in [0, 0.05) is 0 Å². The summed E-state index contributed by atoms with van der Waals surface area (Å²) in [7, 11) is 0. The van der Waals surface area contributed by atoms with Crippen LogP contribution in [-0.2, 0) is 9.47 Å². The summed E-state index contributed by atoms with van der Waals surface area (Å²) in [6.45, 7) is 5.90. The molecule has 0 radical (unpaired) electrons. The van der Waals surface area contributed by atoms with Crippen molar-refractivity contribution in [3.63, 3.8) is 0 Å². The lowest BCUT2D eigenvalue weighted by Gasteiger charge is -2.31.